The fourth-order valence-corrected chi connectivity index (χ4v) is 2.11. The Bertz CT molecular complexity index is 466. The average molecular weight is 307 g/mol. The Morgan fingerprint density at radius 3 is 2.70 bits per heavy atom. The third kappa shape index (κ3) is 6.05. The summed E-state index contributed by atoms with van der Waals surface area (Å²) in [5.74, 6) is 0.906. The SMILES string of the molecule is CCCSc1ccc(N)c(NC(=O)NCC(F)(F)F)c1. The summed E-state index contributed by atoms with van der Waals surface area (Å²) in [5.41, 5.74) is 6.27. The normalized spacial score (nSPS) is 11.2. The fraction of sp³-hybridized carbons (Fsp3) is 0.417. The third-order valence-corrected chi connectivity index (χ3v) is 3.39. The van der Waals surface area contributed by atoms with Crippen LogP contribution in [0.15, 0.2) is 23.1 Å². The van der Waals surface area contributed by atoms with Crippen molar-refractivity contribution in [2.24, 2.45) is 0 Å². The van der Waals surface area contributed by atoms with Gasteiger partial charge in [-0.15, -0.1) is 11.8 Å². The minimum Gasteiger partial charge on any atom is -0.397 e. The molecule has 0 atom stereocenters. The molecule has 0 aliphatic heterocycles. The number of thioether (sulfide) groups is 1. The molecule has 0 fully saturated rings. The number of nitrogens with two attached hydrogens (primary N) is 1. The summed E-state index contributed by atoms with van der Waals surface area (Å²) < 4.78 is 35.9. The molecule has 4 nitrogen and oxygen atoms in total. The summed E-state index contributed by atoms with van der Waals surface area (Å²) in [6.45, 7) is 0.650. The van der Waals surface area contributed by atoms with Gasteiger partial charge in [-0.05, 0) is 30.4 Å². The van der Waals surface area contributed by atoms with Crippen molar-refractivity contribution in [3.63, 3.8) is 0 Å². The largest absolute Gasteiger partial charge is 0.405 e. The molecule has 112 valence electrons. The second-order valence-corrected chi connectivity index (χ2v) is 5.19. The molecular weight excluding hydrogens is 291 g/mol. The van der Waals surface area contributed by atoms with Crippen LogP contribution in [0.3, 0.4) is 0 Å². The van der Waals surface area contributed by atoms with Gasteiger partial charge in [0.15, 0.2) is 0 Å². The molecule has 4 N–H and O–H groups in total. The number of halogens is 3. The maximum absolute atomic E-state index is 12.0. The number of carbonyl (C=O) groups excluding carboxylic acids is 1. The molecule has 1 aromatic carbocycles. The second-order valence-electron chi connectivity index (χ2n) is 4.02. The Morgan fingerprint density at radius 1 is 1.40 bits per heavy atom. The second kappa shape index (κ2) is 7.28. The number of alkyl halides is 3. The van der Waals surface area contributed by atoms with E-state index in [2.05, 4.69) is 5.32 Å². The number of hydrogen-bond donors (Lipinski definition) is 3. The van der Waals surface area contributed by atoms with E-state index in [-0.39, 0.29) is 0 Å². The van der Waals surface area contributed by atoms with Gasteiger partial charge in [0.1, 0.15) is 6.54 Å². The summed E-state index contributed by atoms with van der Waals surface area (Å²) in [5, 5.41) is 4.03. The lowest BCUT2D eigenvalue weighted by Gasteiger charge is -2.12. The number of nitrogens with one attached hydrogen (secondary N) is 2. The van der Waals surface area contributed by atoms with Crippen LogP contribution in [0.2, 0.25) is 0 Å². The van der Waals surface area contributed by atoms with Gasteiger partial charge in [-0.3, -0.25) is 0 Å². The Kier molecular flexibility index (Phi) is 6.00. The number of carbonyl (C=O) groups is 1. The summed E-state index contributed by atoms with van der Waals surface area (Å²) in [7, 11) is 0. The summed E-state index contributed by atoms with van der Waals surface area (Å²) >= 11 is 1.58. The lowest BCUT2D eigenvalue weighted by atomic mass is 10.3. The van der Waals surface area contributed by atoms with Crippen molar-refractivity contribution in [1.82, 2.24) is 5.32 Å². The Balaban J connectivity index is 2.63. The number of urea groups is 1. The van der Waals surface area contributed by atoms with Crippen LogP contribution in [-0.2, 0) is 0 Å². The molecule has 0 unspecified atom stereocenters. The number of amides is 2. The first kappa shape index (κ1) is 16.5. The van der Waals surface area contributed by atoms with E-state index in [9.17, 15) is 18.0 Å². The van der Waals surface area contributed by atoms with Crippen molar-refractivity contribution in [1.29, 1.82) is 0 Å². The lowest BCUT2D eigenvalue weighted by Crippen LogP contribution is -2.36. The first-order chi connectivity index (χ1) is 9.31. The lowest BCUT2D eigenvalue weighted by molar-refractivity contribution is -0.122. The van der Waals surface area contributed by atoms with Gasteiger partial charge in [0.2, 0.25) is 0 Å². The predicted octanol–water partition coefficient (Wildman–Crippen LogP) is 3.45. The highest BCUT2D eigenvalue weighted by atomic mass is 32.2. The van der Waals surface area contributed by atoms with Crippen LogP contribution in [-0.4, -0.2) is 24.5 Å². The molecule has 0 heterocycles. The highest BCUT2D eigenvalue weighted by molar-refractivity contribution is 7.99. The van der Waals surface area contributed by atoms with Crippen LogP contribution in [0.25, 0.3) is 0 Å². The van der Waals surface area contributed by atoms with Crippen molar-refractivity contribution >= 4 is 29.2 Å². The number of anilines is 2. The van der Waals surface area contributed by atoms with E-state index >= 15 is 0 Å². The van der Waals surface area contributed by atoms with E-state index in [0.29, 0.717) is 11.4 Å². The molecule has 1 rings (SSSR count). The van der Waals surface area contributed by atoms with Crippen molar-refractivity contribution < 1.29 is 18.0 Å². The zero-order chi connectivity index (χ0) is 15.2. The van der Waals surface area contributed by atoms with Gasteiger partial charge in [0, 0.05) is 4.90 Å². The van der Waals surface area contributed by atoms with Crippen LogP contribution in [0.4, 0.5) is 29.3 Å². The van der Waals surface area contributed by atoms with Crippen LogP contribution in [0.1, 0.15) is 13.3 Å². The fourth-order valence-electron chi connectivity index (χ4n) is 1.30. The number of nitrogen functional groups attached to an aromatic ring is 1. The molecule has 0 aliphatic rings. The van der Waals surface area contributed by atoms with Crippen molar-refractivity contribution in [3.05, 3.63) is 18.2 Å². The molecule has 2 amide bonds. The van der Waals surface area contributed by atoms with Crippen LogP contribution < -0.4 is 16.4 Å². The highest BCUT2D eigenvalue weighted by Crippen LogP contribution is 2.27. The average Bonchev–Trinajstić information content (AvgIpc) is 2.36. The first-order valence-corrected chi connectivity index (χ1v) is 6.94. The summed E-state index contributed by atoms with van der Waals surface area (Å²) in [6.07, 6.45) is -3.45. The highest BCUT2D eigenvalue weighted by Gasteiger charge is 2.27. The number of hydrogen-bond acceptors (Lipinski definition) is 3. The van der Waals surface area contributed by atoms with Crippen LogP contribution in [0, 0.1) is 0 Å². The van der Waals surface area contributed by atoms with Gasteiger partial charge in [-0.1, -0.05) is 6.92 Å². The molecule has 0 radical (unpaired) electrons. The van der Waals surface area contributed by atoms with Gasteiger partial charge < -0.3 is 16.4 Å². The molecule has 0 bridgehead atoms. The summed E-state index contributed by atoms with van der Waals surface area (Å²) in [4.78, 5) is 12.2. The molecule has 0 spiro atoms. The monoisotopic (exact) mass is 307 g/mol. The number of rotatable bonds is 5. The van der Waals surface area contributed by atoms with E-state index in [1.807, 2.05) is 6.92 Å². The smallest absolute Gasteiger partial charge is 0.397 e. The van der Waals surface area contributed by atoms with Gasteiger partial charge in [0.25, 0.3) is 0 Å². The Labute approximate surface area is 119 Å². The Hall–Kier alpha value is -1.57. The molecule has 8 heteroatoms. The molecule has 0 saturated heterocycles. The first-order valence-electron chi connectivity index (χ1n) is 5.95. The molecule has 0 aromatic heterocycles. The summed E-state index contributed by atoms with van der Waals surface area (Å²) in [6, 6.07) is 4.11. The van der Waals surface area contributed by atoms with E-state index in [1.54, 1.807) is 35.3 Å². The zero-order valence-corrected chi connectivity index (χ0v) is 11.7. The van der Waals surface area contributed by atoms with Gasteiger partial charge >= 0.3 is 12.2 Å². The maximum atomic E-state index is 12.0. The zero-order valence-electron chi connectivity index (χ0n) is 10.9. The van der Waals surface area contributed by atoms with Crippen LogP contribution >= 0.6 is 11.8 Å². The maximum Gasteiger partial charge on any atom is 0.405 e. The van der Waals surface area contributed by atoms with Crippen LogP contribution in [0.5, 0.6) is 0 Å². The van der Waals surface area contributed by atoms with E-state index in [1.165, 1.54) is 0 Å². The molecule has 0 aliphatic carbocycles. The van der Waals surface area contributed by atoms with E-state index in [4.69, 9.17) is 5.73 Å². The van der Waals surface area contributed by atoms with E-state index in [0.717, 1.165) is 17.1 Å². The standard InChI is InChI=1S/C12H16F3N3OS/c1-2-5-20-8-3-4-9(16)10(6-8)18-11(19)17-7-12(13,14)15/h3-4,6H,2,5,7,16H2,1H3,(H2,17,18,19). The predicted molar refractivity (Wildman–Crippen MR) is 74.9 cm³/mol. The molecule has 20 heavy (non-hydrogen) atoms. The Morgan fingerprint density at radius 2 is 2.10 bits per heavy atom. The van der Waals surface area contributed by atoms with Crippen molar-refractivity contribution in [3.8, 4) is 0 Å². The minimum absolute atomic E-state index is 0.297. The van der Waals surface area contributed by atoms with E-state index < -0.39 is 18.8 Å². The molecular formula is C12H16F3N3OS. The minimum atomic E-state index is -4.44. The molecule has 1 aromatic rings. The van der Waals surface area contributed by atoms with Gasteiger partial charge in [-0.2, -0.15) is 13.2 Å². The quantitative estimate of drug-likeness (QED) is 0.576. The van der Waals surface area contributed by atoms with Crippen molar-refractivity contribution in [2.45, 2.75) is 24.4 Å². The van der Waals surface area contributed by atoms with Gasteiger partial charge in [-0.25, -0.2) is 4.79 Å². The molecule has 0 saturated carbocycles. The third-order valence-electron chi connectivity index (χ3n) is 2.20. The van der Waals surface area contributed by atoms with Gasteiger partial charge in [0.05, 0.1) is 11.4 Å². The number of benzene rings is 1. The topological polar surface area (TPSA) is 67.1 Å². The van der Waals surface area contributed by atoms with Crippen molar-refractivity contribution in [2.75, 3.05) is 23.3 Å².